The van der Waals surface area contributed by atoms with Crippen LogP contribution in [-0.2, 0) is 41.3 Å². The van der Waals surface area contributed by atoms with Gasteiger partial charge in [-0.25, -0.2) is 0 Å². The predicted molar refractivity (Wildman–Crippen MR) is 120 cm³/mol. The number of carbonyl (C=O) groups excluding carboxylic acids is 2. The number of ether oxygens (including phenoxy) is 2. The number of esters is 2. The Morgan fingerprint density at radius 3 is 2.10 bits per heavy atom. The Morgan fingerprint density at radius 2 is 1.58 bits per heavy atom. The fourth-order valence-corrected chi connectivity index (χ4v) is 3.25. The van der Waals surface area contributed by atoms with Crippen LogP contribution in [0.3, 0.4) is 0 Å². The summed E-state index contributed by atoms with van der Waals surface area (Å²) in [6.45, 7) is 16.0. The Bertz CT molecular complexity index is 812. The van der Waals surface area contributed by atoms with E-state index >= 15 is 0 Å². The number of hydrogen-bond donors (Lipinski definition) is 1. The lowest BCUT2D eigenvalue weighted by Crippen LogP contribution is -2.41. The molecule has 1 N–H and O–H groups in total. The maximum Gasteiger partial charge on any atom is 0.494 e. The van der Waals surface area contributed by atoms with Gasteiger partial charge in [-0.3, -0.25) is 9.59 Å². The summed E-state index contributed by atoms with van der Waals surface area (Å²) in [6, 6.07) is 3.94. The minimum absolute atomic E-state index is 0.0871. The first kappa shape index (κ1) is 25.4. The molecule has 0 spiro atoms. The van der Waals surface area contributed by atoms with E-state index in [1.165, 1.54) is 7.11 Å². The molecule has 0 aromatic heterocycles. The third kappa shape index (κ3) is 6.54. The van der Waals surface area contributed by atoms with Gasteiger partial charge >= 0.3 is 19.1 Å². The molecule has 2 rings (SSSR count). The minimum Gasteiger partial charge on any atom is -0.469 e. The highest BCUT2D eigenvalue weighted by Crippen LogP contribution is 2.36. The molecule has 8 heteroatoms. The van der Waals surface area contributed by atoms with E-state index in [0.29, 0.717) is 6.54 Å². The largest absolute Gasteiger partial charge is 0.494 e. The summed E-state index contributed by atoms with van der Waals surface area (Å²) in [5.41, 5.74) is 2.11. The van der Waals surface area contributed by atoms with Crippen LogP contribution in [0.2, 0.25) is 0 Å². The molecule has 7 nitrogen and oxygen atoms in total. The summed E-state index contributed by atoms with van der Waals surface area (Å²) in [4.78, 5) is 24.0. The summed E-state index contributed by atoms with van der Waals surface area (Å²) in [5, 5.41) is 3.14. The average Bonchev–Trinajstić information content (AvgIpc) is 2.83. The molecule has 1 saturated heterocycles. The Labute approximate surface area is 186 Å². The molecule has 0 bridgehead atoms. The summed E-state index contributed by atoms with van der Waals surface area (Å²) in [6.07, 6.45) is 0.148. The topological polar surface area (TPSA) is 83.1 Å². The van der Waals surface area contributed by atoms with Crippen molar-refractivity contribution in [1.82, 2.24) is 5.32 Å². The molecular formula is C23H36BNO6. The van der Waals surface area contributed by atoms with Crippen molar-refractivity contribution in [3.8, 4) is 0 Å². The van der Waals surface area contributed by atoms with Gasteiger partial charge in [-0.2, -0.15) is 0 Å². The molecule has 1 aliphatic rings. The zero-order chi connectivity index (χ0) is 23.6. The maximum absolute atomic E-state index is 12.0. The molecule has 0 amide bonds. The third-order valence-electron chi connectivity index (χ3n) is 5.74. The molecule has 0 atom stereocenters. The standard InChI is InChI=1S/C23H36BNO6/c1-15-16(12-19(26)28-9)10-18(24-30-22(5,6)23(7,8)31-24)11-17(15)13-25-14-20(27)29-21(2,3)4/h10-11,25H,12-14H2,1-9H3. The van der Waals surface area contributed by atoms with Crippen molar-refractivity contribution >= 4 is 24.5 Å². The lowest BCUT2D eigenvalue weighted by molar-refractivity contribution is -0.153. The van der Waals surface area contributed by atoms with Gasteiger partial charge in [-0.15, -0.1) is 0 Å². The zero-order valence-corrected chi connectivity index (χ0v) is 20.3. The average molecular weight is 433 g/mol. The molecule has 0 unspecified atom stereocenters. The van der Waals surface area contributed by atoms with E-state index in [1.54, 1.807) is 0 Å². The number of carbonyl (C=O) groups is 2. The highest BCUT2D eigenvalue weighted by molar-refractivity contribution is 6.62. The van der Waals surface area contributed by atoms with Gasteiger partial charge in [-0.1, -0.05) is 12.1 Å². The molecule has 172 valence electrons. The maximum atomic E-state index is 12.0. The van der Waals surface area contributed by atoms with Crippen LogP contribution < -0.4 is 10.8 Å². The molecule has 1 aromatic carbocycles. The van der Waals surface area contributed by atoms with Crippen LogP contribution in [0.1, 0.15) is 65.2 Å². The summed E-state index contributed by atoms with van der Waals surface area (Å²) < 4.78 is 22.6. The number of benzene rings is 1. The third-order valence-corrected chi connectivity index (χ3v) is 5.74. The monoisotopic (exact) mass is 433 g/mol. The lowest BCUT2D eigenvalue weighted by Gasteiger charge is -2.32. The minimum atomic E-state index is -0.549. The molecule has 1 heterocycles. The van der Waals surface area contributed by atoms with Gasteiger partial charge in [0.1, 0.15) is 5.60 Å². The van der Waals surface area contributed by atoms with Gasteiger partial charge in [0.05, 0.1) is 31.3 Å². The van der Waals surface area contributed by atoms with E-state index < -0.39 is 23.9 Å². The molecule has 0 aliphatic carbocycles. The smallest absolute Gasteiger partial charge is 0.469 e. The fraction of sp³-hybridized carbons (Fsp3) is 0.652. The van der Waals surface area contributed by atoms with E-state index in [9.17, 15) is 9.59 Å². The SMILES string of the molecule is COC(=O)Cc1cc(B2OC(C)(C)C(C)(C)O2)cc(CNCC(=O)OC(C)(C)C)c1C. The van der Waals surface area contributed by atoms with Crippen LogP contribution in [0.15, 0.2) is 12.1 Å². The fourth-order valence-electron chi connectivity index (χ4n) is 3.25. The molecule has 31 heavy (non-hydrogen) atoms. The first-order chi connectivity index (χ1) is 14.1. The molecule has 1 aliphatic heterocycles. The summed E-state index contributed by atoms with van der Waals surface area (Å²) in [7, 11) is 0.825. The first-order valence-electron chi connectivity index (χ1n) is 10.6. The number of rotatable bonds is 7. The number of hydrogen-bond acceptors (Lipinski definition) is 7. The Morgan fingerprint density at radius 1 is 1.03 bits per heavy atom. The predicted octanol–water partition coefficient (Wildman–Crippen LogP) is 2.44. The van der Waals surface area contributed by atoms with Crippen molar-refractivity contribution in [2.24, 2.45) is 0 Å². The van der Waals surface area contributed by atoms with Crippen LogP contribution >= 0.6 is 0 Å². The second-order valence-electron chi connectivity index (χ2n) is 10.00. The van der Waals surface area contributed by atoms with Gasteiger partial charge < -0.3 is 24.1 Å². The first-order valence-corrected chi connectivity index (χ1v) is 10.6. The van der Waals surface area contributed by atoms with Crippen molar-refractivity contribution in [3.05, 3.63) is 28.8 Å². The molecular weight excluding hydrogens is 397 g/mol. The van der Waals surface area contributed by atoms with Crippen molar-refractivity contribution in [3.63, 3.8) is 0 Å². The van der Waals surface area contributed by atoms with Gasteiger partial charge in [0.15, 0.2) is 0 Å². The van der Waals surface area contributed by atoms with E-state index in [1.807, 2.05) is 67.5 Å². The number of methoxy groups -OCH3 is 1. The highest BCUT2D eigenvalue weighted by atomic mass is 16.7. The van der Waals surface area contributed by atoms with Crippen LogP contribution in [0.25, 0.3) is 0 Å². The lowest BCUT2D eigenvalue weighted by atomic mass is 9.76. The second kappa shape index (κ2) is 9.31. The Balaban J connectivity index is 2.26. The molecule has 1 aromatic rings. The highest BCUT2D eigenvalue weighted by Gasteiger charge is 2.51. The molecule has 0 radical (unpaired) electrons. The van der Waals surface area contributed by atoms with Gasteiger partial charge in [0.25, 0.3) is 0 Å². The molecule has 1 fully saturated rings. The van der Waals surface area contributed by atoms with Gasteiger partial charge in [0.2, 0.25) is 0 Å². The van der Waals surface area contributed by atoms with Crippen LogP contribution in [0.4, 0.5) is 0 Å². The zero-order valence-electron chi connectivity index (χ0n) is 20.3. The van der Waals surface area contributed by atoms with Crippen molar-refractivity contribution in [2.45, 2.75) is 85.2 Å². The van der Waals surface area contributed by atoms with Gasteiger partial charge in [0, 0.05) is 6.54 Å². The van der Waals surface area contributed by atoms with E-state index in [-0.39, 0.29) is 24.9 Å². The quantitative estimate of drug-likeness (QED) is 0.523. The van der Waals surface area contributed by atoms with E-state index in [0.717, 1.165) is 22.2 Å². The van der Waals surface area contributed by atoms with Crippen LogP contribution in [-0.4, -0.2) is 49.5 Å². The van der Waals surface area contributed by atoms with Crippen LogP contribution in [0.5, 0.6) is 0 Å². The van der Waals surface area contributed by atoms with Crippen molar-refractivity contribution in [2.75, 3.05) is 13.7 Å². The Hall–Kier alpha value is -1.90. The molecule has 0 saturated carbocycles. The Kier molecular flexibility index (Phi) is 7.61. The van der Waals surface area contributed by atoms with Crippen molar-refractivity contribution in [1.29, 1.82) is 0 Å². The summed E-state index contributed by atoms with van der Waals surface area (Å²) in [5.74, 6) is -0.635. The van der Waals surface area contributed by atoms with Gasteiger partial charge in [-0.05, 0) is 77.5 Å². The van der Waals surface area contributed by atoms with Crippen LogP contribution in [0, 0.1) is 6.92 Å². The normalized spacial score (nSPS) is 17.5. The number of nitrogens with one attached hydrogen (secondary N) is 1. The van der Waals surface area contributed by atoms with E-state index in [4.69, 9.17) is 18.8 Å². The second-order valence-corrected chi connectivity index (χ2v) is 10.00. The van der Waals surface area contributed by atoms with Crippen molar-refractivity contribution < 1.29 is 28.4 Å². The van der Waals surface area contributed by atoms with E-state index in [2.05, 4.69) is 5.32 Å². The summed E-state index contributed by atoms with van der Waals surface area (Å²) >= 11 is 0.